The molecule has 0 saturated heterocycles. The van der Waals surface area contributed by atoms with E-state index in [0.717, 1.165) is 0 Å². The number of methoxy groups -OCH3 is 2. The van der Waals surface area contributed by atoms with Gasteiger partial charge in [0.1, 0.15) is 0 Å². The van der Waals surface area contributed by atoms with Crippen LogP contribution < -0.4 is 5.32 Å². The molecule has 7 heteroatoms. The van der Waals surface area contributed by atoms with Crippen LogP contribution in [0.3, 0.4) is 0 Å². The van der Waals surface area contributed by atoms with Crippen LogP contribution in [0.25, 0.3) is 0 Å². The third-order valence-electron chi connectivity index (χ3n) is 1.95. The van der Waals surface area contributed by atoms with E-state index in [4.69, 9.17) is 18.7 Å². The Hall–Kier alpha value is -1.18. The molecule has 0 fully saturated rings. The van der Waals surface area contributed by atoms with Gasteiger partial charge in [-0.15, -0.1) is 0 Å². The second-order valence-electron chi connectivity index (χ2n) is 3.29. The molecule has 0 bridgehead atoms. The van der Waals surface area contributed by atoms with Gasteiger partial charge in [-0.05, 0) is 0 Å². The van der Waals surface area contributed by atoms with E-state index in [9.17, 15) is 0 Å². The summed E-state index contributed by atoms with van der Waals surface area (Å²) in [5, 5.41) is 6.76. The minimum Gasteiger partial charge on any atom is -0.383 e. The lowest BCUT2D eigenvalue weighted by Gasteiger charge is -2.00. The molecule has 0 aliphatic rings. The van der Waals surface area contributed by atoms with Crippen LogP contribution in [0.2, 0.25) is 0 Å². The van der Waals surface area contributed by atoms with E-state index in [1.54, 1.807) is 14.2 Å². The van der Waals surface area contributed by atoms with Crippen molar-refractivity contribution in [1.29, 1.82) is 0 Å². The normalized spacial score (nSPS) is 10.7. The van der Waals surface area contributed by atoms with E-state index in [-0.39, 0.29) is 0 Å². The zero-order valence-electron chi connectivity index (χ0n) is 10.3. The van der Waals surface area contributed by atoms with Crippen molar-refractivity contribution in [2.24, 2.45) is 0 Å². The van der Waals surface area contributed by atoms with Gasteiger partial charge < -0.3 is 24.1 Å². The van der Waals surface area contributed by atoms with Crippen molar-refractivity contribution in [2.75, 3.05) is 52.5 Å². The molecule has 0 aliphatic carbocycles. The molecular formula is C10H19N3O4. The molecule has 0 atom stereocenters. The third kappa shape index (κ3) is 6.20. The van der Waals surface area contributed by atoms with Gasteiger partial charge >= 0.3 is 6.01 Å². The summed E-state index contributed by atoms with van der Waals surface area (Å²) in [7, 11) is 3.28. The Morgan fingerprint density at radius 3 is 2.71 bits per heavy atom. The fraction of sp³-hybridized carbons (Fsp3) is 0.800. The zero-order chi connectivity index (χ0) is 12.3. The van der Waals surface area contributed by atoms with Gasteiger partial charge in [0.05, 0.1) is 26.4 Å². The predicted molar refractivity (Wildman–Crippen MR) is 61.1 cm³/mol. The van der Waals surface area contributed by atoms with Gasteiger partial charge in [0.2, 0.25) is 0 Å². The highest BCUT2D eigenvalue weighted by Gasteiger charge is 2.04. The number of aromatic nitrogens is 2. The van der Waals surface area contributed by atoms with E-state index < -0.39 is 0 Å². The lowest BCUT2D eigenvalue weighted by molar-refractivity contribution is 0.0714. The molecule has 0 spiro atoms. The summed E-state index contributed by atoms with van der Waals surface area (Å²) in [5.41, 5.74) is 0. The van der Waals surface area contributed by atoms with Gasteiger partial charge in [-0.3, -0.25) is 0 Å². The molecule has 0 unspecified atom stereocenters. The molecule has 1 aromatic heterocycles. The maximum atomic E-state index is 5.30. The summed E-state index contributed by atoms with van der Waals surface area (Å²) < 4.78 is 20.0. The molecule has 1 aromatic rings. The number of anilines is 1. The fourth-order valence-electron chi connectivity index (χ4n) is 1.10. The van der Waals surface area contributed by atoms with Crippen LogP contribution in [0.15, 0.2) is 4.52 Å². The Morgan fingerprint density at radius 2 is 1.94 bits per heavy atom. The molecule has 1 N–H and O–H groups in total. The van der Waals surface area contributed by atoms with Gasteiger partial charge in [0.15, 0.2) is 5.82 Å². The Labute approximate surface area is 100 Å². The molecule has 0 aliphatic heterocycles. The van der Waals surface area contributed by atoms with Crippen molar-refractivity contribution in [3.05, 3.63) is 5.82 Å². The molecule has 17 heavy (non-hydrogen) atoms. The maximum absolute atomic E-state index is 5.30. The number of rotatable bonds is 10. The van der Waals surface area contributed by atoms with Crippen LogP contribution >= 0.6 is 0 Å². The van der Waals surface area contributed by atoms with Crippen molar-refractivity contribution in [3.63, 3.8) is 0 Å². The largest absolute Gasteiger partial charge is 0.383 e. The molecule has 7 nitrogen and oxygen atoms in total. The van der Waals surface area contributed by atoms with Crippen LogP contribution in [-0.2, 0) is 20.6 Å². The maximum Gasteiger partial charge on any atom is 0.321 e. The Morgan fingerprint density at radius 1 is 1.12 bits per heavy atom. The average molecular weight is 245 g/mol. The fourth-order valence-corrected chi connectivity index (χ4v) is 1.10. The number of nitrogens with zero attached hydrogens (tertiary/aromatic N) is 2. The lowest BCUT2D eigenvalue weighted by atomic mass is 10.4. The van der Waals surface area contributed by atoms with E-state index in [0.29, 0.717) is 51.2 Å². The van der Waals surface area contributed by atoms with E-state index >= 15 is 0 Å². The lowest BCUT2D eigenvalue weighted by Crippen LogP contribution is -2.08. The highest BCUT2D eigenvalue weighted by Crippen LogP contribution is 2.03. The van der Waals surface area contributed by atoms with Gasteiger partial charge in [-0.25, -0.2) is 0 Å². The third-order valence-corrected chi connectivity index (χ3v) is 1.95. The molecule has 1 heterocycles. The Kier molecular flexibility index (Phi) is 7.28. The molecule has 0 radical (unpaired) electrons. The molecule has 0 amide bonds. The number of nitrogens with one attached hydrogen (secondary N) is 1. The molecule has 0 aromatic carbocycles. The quantitative estimate of drug-likeness (QED) is 0.595. The summed E-state index contributed by atoms with van der Waals surface area (Å²) in [6.45, 7) is 2.96. The highest BCUT2D eigenvalue weighted by atomic mass is 16.5. The van der Waals surface area contributed by atoms with Crippen LogP contribution in [0.5, 0.6) is 0 Å². The molecule has 0 saturated carbocycles. The average Bonchev–Trinajstić information content (AvgIpc) is 2.77. The molecule has 1 rings (SSSR count). The van der Waals surface area contributed by atoms with Crippen LogP contribution in [-0.4, -0.2) is 57.3 Å². The summed E-state index contributed by atoms with van der Waals surface area (Å²) in [5.74, 6) is 0.627. The van der Waals surface area contributed by atoms with Crippen molar-refractivity contribution in [2.45, 2.75) is 6.42 Å². The SMILES string of the molecule is COCCNc1nc(CCOCCOC)no1. The predicted octanol–water partition coefficient (Wildman–Crippen LogP) is 0.333. The summed E-state index contributed by atoms with van der Waals surface area (Å²) in [6, 6.07) is 0.411. The van der Waals surface area contributed by atoms with E-state index in [2.05, 4.69) is 15.5 Å². The Bertz CT molecular complexity index is 293. The summed E-state index contributed by atoms with van der Waals surface area (Å²) >= 11 is 0. The number of hydrogen-bond acceptors (Lipinski definition) is 7. The van der Waals surface area contributed by atoms with Gasteiger partial charge in [0, 0.05) is 27.2 Å². The van der Waals surface area contributed by atoms with Crippen LogP contribution in [0.4, 0.5) is 6.01 Å². The van der Waals surface area contributed by atoms with Gasteiger partial charge in [-0.2, -0.15) is 4.98 Å². The monoisotopic (exact) mass is 245 g/mol. The zero-order valence-corrected chi connectivity index (χ0v) is 10.3. The first-order chi connectivity index (χ1) is 8.36. The van der Waals surface area contributed by atoms with Crippen molar-refractivity contribution >= 4 is 6.01 Å². The summed E-state index contributed by atoms with van der Waals surface area (Å²) in [6.07, 6.45) is 0.624. The van der Waals surface area contributed by atoms with Crippen molar-refractivity contribution in [1.82, 2.24) is 10.1 Å². The second-order valence-corrected chi connectivity index (χ2v) is 3.29. The first-order valence-electron chi connectivity index (χ1n) is 5.49. The minimum atomic E-state index is 0.411. The smallest absolute Gasteiger partial charge is 0.321 e. The van der Waals surface area contributed by atoms with Crippen LogP contribution in [0, 0.1) is 0 Å². The van der Waals surface area contributed by atoms with Gasteiger partial charge in [-0.1, -0.05) is 5.16 Å². The number of ether oxygens (including phenoxy) is 3. The molecule has 98 valence electrons. The standard InChI is InChI=1S/C10H19N3O4/c1-14-6-4-11-10-12-9(13-17-10)3-5-16-8-7-15-2/h3-8H2,1-2H3,(H,11,12,13). The minimum absolute atomic E-state index is 0.411. The first kappa shape index (κ1) is 13.9. The topological polar surface area (TPSA) is 78.6 Å². The van der Waals surface area contributed by atoms with Crippen molar-refractivity contribution in [3.8, 4) is 0 Å². The second kappa shape index (κ2) is 8.91. The highest BCUT2D eigenvalue weighted by molar-refractivity contribution is 5.17. The van der Waals surface area contributed by atoms with Gasteiger partial charge in [0.25, 0.3) is 0 Å². The van der Waals surface area contributed by atoms with E-state index in [1.807, 2.05) is 0 Å². The van der Waals surface area contributed by atoms with Crippen LogP contribution in [0.1, 0.15) is 5.82 Å². The molecular weight excluding hydrogens is 226 g/mol. The Balaban J connectivity index is 2.12. The van der Waals surface area contributed by atoms with Crippen molar-refractivity contribution < 1.29 is 18.7 Å². The first-order valence-corrected chi connectivity index (χ1v) is 5.49. The number of hydrogen-bond donors (Lipinski definition) is 1. The van der Waals surface area contributed by atoms with E-state index in [1.165, 1.54) is 0 Å². The summed E-state index contributed by atoms with van der Waals surface area (Å²) in [4.78, 5) is 4.14.